The molecule has 2 rings (SSSR count). The zero-order chi connectivity index (χ0) is 15.2. The monoisotopic (exact) mass is 411 g/mol. The summed E-state index contributed by atoms with van der Waals surface area (Å²) < 4.78 is 6.11. The van der Waals surface area contributed by atoms with E-state index in [2.05, 4.69) is 37.2 Å². The first-order valence-electron chi connectivity index (χ1n) is 6.42. The van der Waals surface area contributed by atoms with Crippen LogP contribution in [0, 0.1) is 0 Å². The number of methoxy groups -OCH3 is 1. The van der Waals surface area contributed by atoms with Crippen molar-refractivity contribution in [2.24, 2.45) is 0 Å². The van der Waals surface area contributed by atoms with Gasteiger partial charge < -0.3 is 10.1 Å². The van der Waals surface area contributed by atoms with Crippen LogP contribution in [-0.4, -0.2) is 19.6 Å². The molecule has 1 atom stereocenters. The van der Waals surface area contributed by atoms with Gasteiger partial charge in [0.2, 0.25) is 0 Å². The summed E-state index contributed by atoms with van der Waals surface area (Å²) in [6.45, 7) is 0.502. The van der Waals surface area contributed by atoms with Crippen molar-refractivity contribution in [1.82, 2.24) is 5.32 Å². The summed E-state index contributed by atoms with van der Waals surface area (Å²) in [5.41, 5.74) is 1.65. The van der Waals surface area contributed by atoms with E-state index >= 15 is 0 Å². The fourth-order valence-corrected chi connectivity index (χ4v) is 2.72. The van der Waals surface area contributed by atoms with E-state index in [0.29, 0.717) is 17.9 Å². The van der Waals surface area contributed by atoms with Gasteiger partial charge >= 0.3 is 0 Å². The summed E-state index contributed by atoms with van der Waals surface area (Å²) >= 11 is 6.94. The van der Waals surface area contributed by atoms with Crippen LogP contribution in [-0.2, 0) is 0 Å². The minimum atomic E-state index is -0.153. The molecule has 0 radical (unpaired) electrons. The second kappa shape index (κ2) is 7.61. The molecule has 0 saturated heterocycles. The van der Waals surface area contributed by atoms with Gasteiger partial charge in [-0.05, 0) is 23.8 Å². The van der Waals surface area contributed by atoms with Crippen molar-refractivity contribution in [2.45, 2.75) is 4.83 Å². The van der Waals surface area contributed by atoms with Crippen molar-refractivity contribution in [2.75, 3.05) is 13.7 Å². The largest absolute Gasteiger partial charge is 0.496 e. The topological polar surface area (TPSA) is 38.3 Å². The zero-order valence-corrected chi connectivity index (χ0v) is 14.6. The molecule has 0 aliphatic heterocycles. The van der Waals surface area contributed by atoms with Crippen LogP contribution in [0.15, 0.2) is 53.0 Å². The van der Waals surface area contributed by atoms with Gasteiger partial charge in [-0.1, -0.05) is 62.2 Å². The summed E-state index contributed by atoms with van der Waals surface area (Å²) in [5, 5.41) is 2.91. The molecular weight excluding hydrogens is 398 g/mol. The third kappa shape index (κ3) is 4.32. The molecule has 0 aliphatic rings. The highest BCUT2D eigenvalue weighted by Crippen LogP contribution is 2.24. The Morgan fingerprint density at radius 3 is 2.62 bits per heavy atom. The first-order chi connectivity index (χ1) is 10.1. The number of rotatable bonds is 5. The summed E-state index contributed by atoms with van der Waals surface area (Å²) in [6, 6.07) is 15.3. The molecule has 1 amide bonds. The van der Waals surface area contributed by atoms with Gasteiger partial charge in [0, 0.05) is 11.0 Å². The van der Waals surface area contributed by atoms with E-state index < -0.39 is 0 Å². The summed E-state index contributed by atoms with van der Waals surface area (Å²) in [5.74, 6) is 0.396. The molecule has 1 unspecified atom stereocenters. The van der Waals surface area contributed by atoms with Crippen LogP contribution >= 0.6 is 31.9 Å². The fraction of sp³-hybridized carbons (Fsp3) is 0.188. The minimum absolute atomic E-state index is 0.0732. The second-order valence-electron chi connectivity index (χ2n) is 4.43. The Hall–Kier alpha value is -1.33. The molecule has 2 aromatic rings. The number of carbonyl (C=O) groups is 1. The first kappa shape index (κ1) is 16.0. The van der Waals surface area contributed by atoms with Crippen LogP contribution in [0.1, 0.15) is 20.7 Å². The number of hydrogen-bond acceptors (Lipinski definition) is 2. The van der Waals surface area contributed by atoms with E-state index in [0.717, 1.165) is 10.0 Å². The predicted molar refractivity (Wildman–Crippen MR) is 91.1 cm³/mol. The highest BCUT2D eigenvalue weighted by atomic mass is 79.9. The van der Waals surface area contributed by atoms with E-state index in [4.69, 9.17) is 4.74 Å². The quantitative estimate of drug-likeness (QED) is 0.742. The lowest BCUT2D eigenvalue weighted by Crippen LogP contribution is -2.27. The Bertz CT molecular complexity index is 617. The molecule has 2 aromatic carbocycles. The van der Waals surface area contributed by atoms with Crippen LogP contribution in [0.25, 0.3) is 0 Å². The molecule has 5 heteroatoms. The Morgan fingerprint density at radius 2 is 1.95 bits per heavy atom. The molecule has 0 fully saturated rings. The Balaban J connectivity index is 2.02. The minimum Gasteiger partial charge on any atom is -0.496 e. The van der Waals surface area contributed by atoms with Gasteiger partial charge in [-0.15, -0.1) is 0 Å². The van der Waals surface area contributed by atoms with Gasteiger partial charge in [0.25, 0.3) is 5.91 Å². The van der Waals surface area contributed by atoms with Crippen molar-refractivity contribution >= 4 is 37.8 Å². The van der Waals surface area contributed by atoms with Gasteiger partial charge in [-0.3, -0.25) is 4.79 Å². The van der Waals surface area contributed by atoms with Crippen molar-refractivity contribution < 1.29 is 9.53 Å². The molecule has 0 aliphatic carbocycles. The third-order valence-corrected chi connectivity index (χ3v) is 4.36. The van der Waals surface area contributed by atoms with E-state index in [1.165, 1.54) is 0 Å². The zero-order valence-electron chi connectivity index (χ0n) is 11.5. The van der Waals surface area contributed by atoms with E-state index in [1.807, 2.05) is 36.4 Å². The fourth-order valence-electron chi connectivity index (χ4n) is 1.91. The maximum atomic E-state index is 12.2. The lowest BCUT2D eigenvalue weighted by molar-refractivity contribution is 0.0951. The van der Waals surface area contributed by atoms with Gasteiger partial charge in [-0.25, -0.2) is 0 Å². The first-order valence-corrected chi connectivity index (χ1v) is 8.13. The van der Waals surface area contributed by atoms with Crippen LogP contribution in [0.4, 0.5) is 0 Å². The van der Waals surface area contributed by atoms with Crippen LogP contribution in [0.3, 0.4) is 0 Å². The van der Waals surface area contributed by atoms with Gasteiger partial charge in [0.1, 0.15) is 5.75 Å². The number of ether oxygens (including phenoxy) is 1. The molecule has 0 bridgehead atoms. The van der Waals surface area contributed by atoms with E-state index in [9.17, 15) is 4.79 Å². The number of amides is 1. The third-order valence-electron chi connectivity index (χ3n) is 3.01. The number of carbonyl (C=O) groups excluding carboxylic acids is 1. The van der Waals surface area contributed by atoms with Crippen molar-refractivity contribution in [3.8, 4) is 5.75 Å². The molecule has 1 N–H and O–H groups in total. The predicted octanol–water partition coefficient (Wildman–Crippen LogP) is 4.32. The summed E-state index contributed by atoms with van der Waals surface area (Å²) in [7, 11) is 1.55. The van der Waals surface area contributed by atoms with Crippen LogP contribution < -0.4 is 10.1 Å². The molecule has 0 aromatic heterocycles. The van der Waals surface area contributed by atoms with Crippen LogP contribution in [0.2, 0.25) is 0 Å². The average molecular weight is 413 g/mol. The maximum Gasteiger partial charge on any atom is 0.255 e. The normalized spacial score (nSPS) is 11.8. The van der Waals surface area contributed by atoms with E-state index in [-0.39, 0.29) is 10.7 Å². The van der Waals surface area contributed by atoms with Crippen molar-refractivity contribution in [3.05, 3.63) is 64.1 Å². The smallest absolute Gasteiger partial charge is 0.255 e. The standard InChI is InChI=1S/C16H15Br2NO2/c1-21-15-9-12(17)7-8-13(15)16(20)19-10-14(18)11-5-3-2-4-6-11/h2-9,14H,10H2,1H3,(H,19,20). The van der Waals surface area contributed by atoms with Gasteiger partial charge in [0.15, 0.2) is 0 Å². The van der Waals surface area contributed by atoms with Crippen molar-refractivity contribution in [1.29, 1.82) is 0 Å². The van der Waals surface area contributed by atoms with Gasteiger partial charge in [-0.2, -0.15) is 0 Å². The second-order valence-corrected chi connectivity index (χ2v) is 6.45. The average Bonchev–Trinajstić information content (AvgIpc) is 2.52. The molecule has 0 spiro atoms. The Labute approximate surface area is 141 Å². The molecule has 21 heavy (non-hydrogen) atoms. The summed E-state index contributed by atoms with van der Waals surface area (Å²) in [6.07, 6.45) is 0. The number of benzene rings is 2. The molecule has 110 valence electrons. The highest BCUT2D eigenvalue weighted by molar-refractivity contribution is 9.10. The Kier molecular flexibility index (Phi) is 5.82. The number of alkyl halides is 1. The Morgan fingerprint density at radius 1 is 1.24 bits per heavy atom. The van der Waals surface area contributed by atoms with E-state index in [1.54, 1.807) is 19.2 Å². The molecule has 0 heterocycles. The molecular formula is C16H15Br2NO2. The van der Waals surface area contributed by atoms with Crippen molar-refractivity contribution in [3.63, 3.8) is 0 Å². The van der Waals surface area contributed by atoms with Gasteiger partial charge in [0.05, 0.1) is 17.5 Å². The maximum absolute atomic E-state index is 12.2. The van der Waals surface area contributed by atoms with Crippen LogP contribution in [0.5, 0.6) is 5.75 Å². The number of nitrogens with one attached hydrogen (secondary N) is 1. The SMILES string of the molecule is COc1cc(Br)ccc1C(=O)NCC(Br)c1ccccc1. The summed E-state index contributed by atoms with van der Waals surface area (Å²) in [4.78, 5) is 12.3. The lowest BCUT2D eigenvalue weighted by atomic mass is 10.1. The lowest BCUT2D eigenvalue weighted by Gasteiger charge is -2.13. The number of hydrogen-bond donors (Lipinski definition) is 1. The highest BCUT2D eigenvalue weighted by Gasteiger charge is 2.14. The molecule has 3 nitrogen and oxygen atoms in total. The number of halogens is 2. The molecule has 0 saturated carbocycles.